The number of oxime groups is 1. The Morgan fingerprint density at radius 1 is 1.41 bits per heavy atom. The number of benzene rings is 1. The van der Waals surface area contributed by atoms with Crippen LogP contribution < -0.4 is 11.1 Å². The molecule has 0 heterocycles. The van der Waals surface area contributed by atoms with Crippen LogP contribution in [0.15, 0.2) is 33.9 Å². The van der Waals surface area contributed by atoms with E-state index in [9.17, 15) is 0 Å². The van der Waals surface area contributed by atoms with Crippen LogP contribution in [0.1, 0.15) is 25.5 Å². The highest BCUT2D eigenvalue weighted by Gasteiger charge is 2.10. The first-order chi connectivity index (χ1) is 8.04. The first-order valence-electron chi connectivity index (χ1n) is 5.51. The van der Waals surface area contributed by atoms with Crippen molar-refractivity contribution >= 4 is 21.8 Å². The summed E-state index contributed by atoms with van der Waals surface area (Å²) in [6.45, 7) is 4.67. The molecule has 94 valence electrons. The molecule has 0 aliphatic carbocycles. The minimum absolute atomic E-state index is 0.0119. The molecule has 1 unspecified atom stereocenters. The zero-order chi connectivity index (χ0) is 12.8. The lowest BCUT2D eigenvalue weighted by Crippen LogP contribution is -2.32. The highest BCUT2D eigenvalue weighted by molar-refractivity contribution is 9.10. The summed E-state index contributed by atoms with van der Waals surface area (Å²) >= 11 is 3.40. The van der Waals surface area contributed by atoms with Gasteiger partial charge >= 0.3 is 0 Å². The topological polar surface area (TPSA) is 70.6 Å². The third kappa shape index (κ3) is 4.36. The Labute approximate surface area is 110 Å². The Bertz CT molecular complexity index is 378. The number of amidine groups is 1. The molecule has 0 fully saturated rings. The van der Waals surface area contributed by atoms with Crippen molar-refractivity contribution in [1.29, 1.82) is 0 Å². The average molecular weight is 300 g/mol. The second-order valence-electron chi connectivity index (χ2n) is 4.11. The SMILES string of the molecule is CC(CN[C@H](C)c1ccc(Br)cc1)/C(N)=N/O. The lowest BCUT2D eigenvalue weighted by Gasteiger charge is -2.17. The molecule has 0 aliphatic rings. The van der Waals surface area contributed by atoms with Gasteiger partial charge in [-0.2, -0.15) is 0 Å². The fourth-order valence-corrected chi connectivity index (χ4v) is 1.69. The molecule has 0 saturated heterocycles. The molecular weight excluding hydrogens is 282 g/mol. The first-order valence-corrected chi connectivity index (χ1v) is 6.30. The van der Waals surface area contributed by atoms with E-state index in [4.69, 9.17) is 10.9 Å². The van der Waals surface area contributed by atoms with Crippen LogP contribution in [0.4, 0.5) is 0 Å². The van der Waals surface area contributed by atoms with Gasteiger partial charge in [0.1, 0.15) is 5.84 Å². The zero-order valence-electron chi connectivity index (χ0n) is 10.0. The van der Waals surface area contributed by atoms with Gasteiger partial charge in [-0.15, -0.1) is 0 Å². The van der Waals surface area contributed by atoms with Gasteiger partial charge in [0.2, 0.25) is 0 Å². The molecule has 0 spiro atoms. The van der Waals surface area contributed by atoms with Crippen molar-refractivity contribution in [3.63, 3.8) is 0 Å². The van der Waals surface area contributed by atoms with E-state index >= 15 is 0 Å². The summed E-state index contributed by atoms with van der Waals surface area (Å²) in [4.78, 5) is 0. The number of halogens is 1. The van der Waals surface area contributed by atoms with Crippen LogP contribution in [0.3, 0.4) is 0 Å². The van der Waals surface area contributed by atoms with Crippen LogP contribution in [-0.2, 0) is 0 Å². The Hall–Kier alpha value is -1.07. The summed E-state index contributed by atoms with van der Waals surface area (Å²) in [5.74, 6) is 0.262. The quantitative estimate of drug-likeness (QED) is 0.338. The Morgan fingerprint density at radius 2 is 2.00 bits per heavy atom. The number of nitrogens with two attached hydrogens (primary N) is 1. The smallest absolute Gasteiger partial charge is 0.143 e. The van der Waals surface area contributed by atoms with E-state index in [1.54, 1.807) is 0 Å². The standard InChI is InChI=1S/C12H18BrN3O/c1-8(12(14)16-17)7-15-9(2)10-3-5-11(13)6-4-10/h3-6,8-9,15,17H,7H2,1-2H3,(H2,14,16)/t8?,9-/m1/s1. The molecule has 0 amide bonds. The third-order valence-electron chi connectivity index (χ3n) is 2.72. The van der Waals surface area contributed by atoms with Gasteiger partial charge in [-0.05, 0) is 24.6 Å². The molecule has 4 N–H and O–H groups in total. The number of rotatable bonds is 5. The van der Waals surface area contributed by atoms with Gasteiger partial charge in [-0.25, -0.2) is 0 Å². The zero-order valence-corrected chi connectivity index (χ0v) is 11.6. The second kappa shape index (κ2) is 6.61. The highest BCUT2D eigenvalue weighted by Crippen LogP contribution is 2.16. The van der Waals surface area contributed by atoms with E-state index in [1.165, 1.54) is 5.56 Å². The predicted molar refractivity (Wildman–Crippen MR) is 73.1 cm³/mol. The predicted octanol–water partition coefficient (Wildman–Crippen LogP) is 2.48. The van der Waals surface area contributed by atoms with Gasteiger partial charge in [-0.3, -0.25) is 0 Å². The summed E-state index contributed by atoms with van der Waals surface area (Å²) in [6.07, 6.45) is 0. The maximum absolute atomic E-state index is 8.55. The molecule has 1 aromatic carbocycles. The fourth-order valence-electron chi connectivity index (χ4n) is 1.43. The number of hydrogen-bond acceptors (Lipinski definition) is 3. The Kier molecular flexibility index (Phi) is 5.44. The van der Waals surface area contributed by atoms with Crippen LogP contribution in [-0.4, -0.2) is 17.6 Å². The number of nitrogens with zero attached hydrogens (tertiary/aromatic N) is 1. The van der Waals surface area contributed by atoms with Gasteiger partial charge in [0, 0.05) is 23.0 Å². The highest BCUT2D eigenvalue weighted by atomic mass is 79.9. The molecule has 0 radical (unpaired) electrons. The van der Waals surface area contributed by atoms with Crippen LogP contribution in [0, 0.1) is 5.92 Å². The molecule has 0 bridgehead atoms. The van der Waals surface area contributed by atoms with Crippen molar-refractivity contribution in [3.05, 3.63) is 34.3 Å². The molecule has 2 atom stereocenters. The molecule has 1 rings (SSSR count). The molecule has 1 aromatic rings. The van der Waals surface area contributed by atoms with Gasteiger partial charge in [-0.1, -0.05) is 40.1 Å². The maximum Gasteiger partial charge on any atom is 0.143 e. The number of hydrogen-bond donors (Lipinski definition) is 3. The first kappa shape index (κ1) is 14.0. The van der Waals surface area contributed by atoms with Crippen molar-refractivity contribution in [2.45, 2.75) is 19.9 Å². The van der Waals surface area contributed by atoms with Gasteiger partial charge in [0.25, 0.3) is 0 Å². The Morgan fingerprint density at radius 3 is 2.53 bits per heavy atom. The normalized spacial score (nSPS) is 15.6. The second-order valence-corrected chi connectivity index (χ2v) is 5.02. The molecule has 0 saturated carbocycles. The third-order valence-corrected chi connectivity index (χ3v) is 3.25. The minimum atomic E-state index is 0.0119. The lowest BCUT2D eigenvalue weighted by molar-refractivity contribution is 0.313. The van der Waals surface area contributed by atoms with E-state index in [1.807, 2.05) is 19.1 Å². The Balaban J connectivity index is 2.50. The largest absolute Gasteiger partial charge is 0.409 e. The molecular formula is C12H18BrN3O. The summed E-state index contributed by atoms with van der Waals surface area (Å²) < 4.78 is 1.07. The van der Waals surface area contributed by atoms with E-state index < -0.39 is 0 Å². The van der Waals surface area contributed by atoms with Crippen LogP contribution in [0.2, 0.25) is 0 Å². The molecule has 5 heteroatoms. The summed E-state index contributed by atoms with van der Waals surface area (Å²) in [6, 6.07) is 8.39. The average Bonchev–Trinajstić information content (AvgIpc) is 2.35. The van der Waals surface area contributed by atoms with Crippen molar-refractivity contribution in [3.8, 4) is 0 Å². The summed E-state index contributed by atoms with van der Waals surface area (Å²) in [5.41, 5.74) is 6.72. The molecule has 4 nitrogen and oxygen atoms in total. The molecule has 0 aliphatic heterocycles. The van der Waals surface area contributed by atoms with Crippen molar-refractivity contribution in [2.75, 3.05) is 6.54 Å². The number of nitrogens with one attached hydrogen (secondary N) is 1. The summed E-state index contributed by atoms with van der Waals surface area (Å²) in [7, 11) is 0. The molecule has 17 heavy (non-hydrogen) atoms. The fraction of sp³-hybridized carbons (Fsp3) is 0.417. The van der Waals surface area contributed by atoms with E-state index in [2.05, 4.69) is 45.5 Å². The maximum atomic E-state index is 8.55. The van der Waals surface area contributed by atoms with Gasteiger partial charge in [0.15, 0.2) is 0 Å². The monoisotopic (exact) mass is 299 g/mol. The van der Waals surface area contributed by atoms with Crippen LogP contribution >= 0.6 is 15.9 Å². The lowest BCUT2D eigenvalue weighted by atomic mass is 10.1. The van der Waals surface area contributed by atoms with Crippen LogP contribution in [0.25, 0.3) is 0 Å². The van der Waals surface area contributed by atoms with Crippen LogP contribution in [0.5, 0.6) is 0 Å². The van der Waals surface area contributed by atoms with E-state index in [-0.39, 0.29) is 17.8 Å². The van der Waals surface area contributed by atoms with E-state index in [0.717, 1.165) is 4.47 Å². The van der Waals surface area contributed by atoms with Crippen molar-refractivity contribution < 1.29 is 5.21 Å². The minimum Gasteiger partial charge on any atom is -0.409 e. The van der Waals surface area contributed by atoms with Gasteiger partial charge < -0.3 is 16.3 Å². The summed E-state index contributed by atoms with van der Waals surface area (Å²) in [5, 5.41) is 14.9. The van der Waals surface area contributed by atoms with E-state index in [0.29, 0.717) is 6.54 Å². The van der Waals surface area contributed by atoms with Crippen molar-refractivity contribution in [2.24, 2.45) is 16.8 Å². The molecule has 0 aromatic heterocycles. The van der Waals surface area contributed by atoms with Crippen molar-refractivity contribution in [1.82, 2.24) is 5.32 Å². The van der Waals surface area contributed by atoms with Gasteiger partial charge in [0.05, 0.1) is 0 Å².